The first-order valence-corrected chi connectivity index (χ1v) is 10.1. The van der Waals surface area contributed by atoms with E-state index in [1.54, 1.807) is 20.8 Å². The van der Waals surface area contributed by atoms with E-state index in [9.17, 15) is 19.1 Å². The minimum atomic E-state index is -4.39. The van der Waals surface area contributed by atoms with Crippen LogP contribution in [0, 0.1) is 0 Å². The van der Waals surface area contributed by atoms with Crippen molar-refractivity contribution in [1.82, 2.24) is 0 Å². The third kappa shape index (κ3) is 9.42. The van der Waals surface area contributed by atoms with Crippen molar-refractivity contribution in [1.29, 1.82) is 0 Å². The molecule has 0 amide bonds. The van der Waals surface area contributed by atoms with Gasteiger partial charge < -0.3 is 20.2 Å². The van der Waals surface area contributed by atoms with E-state index in [2.05, 4.69) is 33.0 Å². The first kappa shape index (κ1) is 29.7. The van der Waals surface area contributed by atoms with Crippen LogP contribution < -0.4 is 18.9 Å². The predicted molar refractivity (Wildman–Crippen MR) is 99.6 cm³/mol. The minimum absolute atomic E-state index is 0. The van der Waals surface area contributed by atoms with Crippen molar-refractivity contribution in [2.24, 2.45) is 0 Å². The standard InChI is InChI=1S/C11H21O5P.C6H14N.Li/c1-5-9(10(12)13)8(4)11(6-2,7-3)17(14,15)16;1-5(2)7-6(3)4;/h5-7H2,1-4H3,(H,12,13)(H2,14,15,16);5-6H,1-4H3;/q;-1;+1/b9-8+;;. The van der Waals surface area contributed by atoms with Crippen molar-refractivity contribution in [2.75, 3.05) is 0 Å². The van der Waals surface area contributed by atoms with Gasteiger partial charge in [0, 0.05) is 5.57 Å². The quantitative estimate of drug-likeness (QED) is 0.342. The van der Waals surface area contributed by atoms with Gasteiger partial charge in [0.15, 0.2) is 0 Å². The third-order valence-electron chi connectivity index (χ3n) is 4.09. The van der Waals surface area contributed by atoms with E-state index < -0.39 is 18.7 Å². The maximum Gasteiger partial charge on any atom is 1.00 e. The average molecular weight is 371 g/mol. The molecule has 0 heterocycles. The molecule has 0 aliphatic rings. The Balaban J connectivity index is -0.000000513. The zero-order valence-electron chi connectivity index (χ0n) is 17.3. The van der Waals surface area contributed by atoms with Crippen molar-refractivity contribution in [2.45, 2.75) is 91.9 Å². The number of hydrogen-bond acceptors (Lipinski definition) is 2. The van der Waals surface area contributed by atoms with Crippen LogP contribution >= 0.6 is 7.60 Å². The Kier molecular flexibility index (Phi) is 15.6. The molecule has 0 aromatic rings. The molecule has 0 saturated carbocycles. The van der Waals surface area contributed by atoms with E-state index in [0.717, 1.165) is 0 Å². The van der Waals surface area contributed by atoms with Crippen molar-refractivity contribution in [3.63, 3.8) is 0 Å². The van der Waals surface area contributed by atoms with Gasteiger partial charge in [-0.2, -0.15) is 0 Å². The van der Waals surface area contributed by atoms with E-state index >= 15 is 0 Å². The van der Waals surface area contributed by atoms with E-state index in [1.807, 2.05) is 0 Å². The molecule has 144 valence electrons. The third-order valence-corrected chi connectivity index (χ3v) is 6.17. The Morgan fingerprint density at radius 3 is 1.52 bits per heavy atom. The van der Waals surface area contributed by atoms with Gasteiger partial charge in [-0.05, 0) is 31.8 Å². The van der Waals surface area contributed by atoms with E-state index in [-0.39, 0.29) is 43.7 Å². The topological polar surface area (TPSA) is 109 Å². The van der Waals surface area contributed by atoms with Crippen LogP contribution in [0.25, 0.3) is 5.32 Å². The summed E-state index contributed by atoms with van der Waals surface area (Å²) in [5.41, 5.74) is 0.392. The zero-order chi connectivity index (χ0) is 19.7. The number of rotatable bonds is 8. The molecule has 0 bridgehead atoms. The maximum atomic E-state index is 11.7. The molecular formula is C17H35LiNO5P. The fraction of sp³-hybridized carbons (Fsp3) is 0.824. The monoisotopic (exact) mass is 371 g/mol. The molecule has 0 fully saturated rings. The zero-order valence-corrected chi connectivity index (χ0v) is 18.2. The second-order valence-electron chi connectivity index (χ2n) is 6.38. The van der Waals surface area contributed by atoms with E-state index in [1.165, 1.54) is 6.92 Å². The molecule has 0 saturated heterocycles. The molecule has 6 nitrogen and oxygen atoms in total. The first-order chi connectivity index (χ1) is 10.8. The molecular weight excluding hydrogens is 336 g/mol. The molecule has 0 aromatic heterocycles. The van der Waals surface area contributed by atoms with Crippen LogP contribution in [0.2, 0.25) is 0 Å². The second-order valence-corrected chi connectivity index (χ2v) is 8.33. The Labute approximate surface area is 165 Å². The SMILES string of the molecule is CC(C)[N-]C(C)C.CC/C(C(=O)O)=C(/C)C(CC)(CC)P(=O)(O)O.[Li+]. The van der Waals surface area contributed by atoms with Crippen LogP contribution in [0.4, 0.5) is 0 Å². The normalized spacial score (nSPS) is 13.0. The average Bonchev–Trinajstić information content (AvgIpc) is 2.38. The summed E-state index contributed by atoms with van der Waals surface area (Å²) in [6, 6.07) is 1.000. The Morgan fingerprint density at radius 1 is 1.04 bits per heavy atom. The predicted octanol–water partition coefficient (Wildman–Crippen LogP) is 1.71. The molecule has 0 unspecified atom stereocenters. The smallest absolute Gasteiger partial charge is 0.658 e. The van der Waals surface area contributed by atoms with Gasteiger partial charge in [0.1, 0.15) is 0 Å². The van der Waals surface area contributed by atoms with E-state index in [0.29, 0.717) is 17.7 Å². The molecule has 0 spiro atoms. The molecule has 0 aromatic carbocycles. The summed E-state index contributed by atoms with van der Waals surface area (Å²) < 4.78 is 11.7. The Hall–Kier alpha value is -0.0826. The summed E-state index contributed by atoms with van der Waals surface area (Å²) in [6.07, 6.45) is 0.690. The fourth-order valence-electron chi connectivity index (χ4n) is 2.86. The van der Waals surface area contributed by atoms with Crippen LogP contribution in [0.5, 0.6) is 0 Å². The van der Waals surface area contributed by atoms with Gasteiger partial charge in [0.05, 0.1) is 5.16 Å². The molecule has 0 radical (unpaired) electrons. The summed E-state index contributed by atoms with van der Waals surface area (Å²) in [6.45, 7) is 14.9. The summed E-state index contributed by atoms with van der Waals surface area (Å²) in [5, 5.41) is 12.0. The molecule has 25 heavy (non-hydrogen) atoms. The first-order valence-electron chi connectivity index (χ1n) is 8.49. The number of hydrogen-bond donors (Lipinski definition) is 3. The number of carboxylic acid groups (broad SMARTS) is 1. The summed E-state index contributed by atoms with van der Waals surface area (Å²) in [7, 11) is -4.39. The number of nitrogens with zero attached hydrogens (tertiary/aromatic N) is 1. The van der Waals surface area contributed by atoms with Crippen LogP contribution in [-0.2, 0) is 9.36 Å². The van der Waals surface area contributed by atoms with Gasteiger partial charge >= 0.3 is 32.4 Å². The number of carbonyl (C=O) groups is 1. The van der Waals surface area contributed by atoms with Crippen LogP contribution in [0.15, 0.2) is 11.1 Å². The Bertz CT molecular complexity index is 462. The van der Waals surface area contributed by atoms with Gasteiger partial charge in [-0.3, -0.25) is 4.57 Å². The largest absolute Gasteiger partial charge is 1.00 e. The van der Waals surface area contributed by atoms with Crippen LogP contribution in [0.1, 0.15) is 74.7 Å². The van der Waals surface area contributed by atoms with Gasteiger partial charge in [0.25, 0.3) is 0 Å². The molecule has 0 rings (SSSR count). The van der Waals surface area contributed by atoms with Crippen LogP contribution in [0.3, 0.4) is 0 Å². The summed E-state index contributed by atoms with van der Waals surface area (Å²) >= 11 is 0. The molecule has 8 heteroatoms. The molecule has 3 N–H and O–H groups in total. The second kappa shape index (κ2) is 13.1. The van der Waals surface area contributed by atoms with Crippen molar-refractivity contribution in [3.8, 4) is 0 Å². The summed E-state index contributed by atoms with van der Waals surface area (Å²) in [4.78, 5) is 30.1. The van der Waals surface area contributed by atoms with Crippen molar-refractivity contribution < 1.29 is 43.1 Å². The van der Waals surface area contributed by atoms with E-state index in [4.69, 9.17) is 5.11 Å². The molecule has 0 aliphatic carbocycles. The van der Waals surface area contributed by atoms with Crippen LogP contribution in [-0.4, -0.2) is 38.1 Å². The van der Waals surface area contributed by atoms with Crippen molar-refractivity contribution in [3.05, 3.63) is 16.5 Å². The number of carboxylic acids is 1. The minimum Gasteiger partial charge on any atom is -0.658 e. The van der Waals surface area contributed by atoms with Gasteiger partial charge in [-0.1, -0.05) is 48.5 Å². The molecule has 0 aliphatic heterocycles. The number of allylic oxidation sites excluding steroid dienone is 1. The van der Waals surface area contributed by atoms with Crippen molar-refractivity contribution >= 4 is 13.6 Å². The Morgan fingerprint density at radius 2 is 1.40 bits per heavy atom. The molecule has 0 atom stereocenters. The summed E-state index contributed by atoms with van der Waals surface area (Å²) in [5.74, 6) is -1.11. The van der Waals surface area contributed by atoms with Gasteiger partial charge in [0.2, 0.25) is 0 Å². The van der Waals surface area contributed by atoms with Gasteiger partial charge in [-0.15, -0.1) is 12.1 Å². The van der Waals surface area contributed by atoms with Gasteiger partial charge in [-0.25, -0.2) is 4.79 Å². The maximum absolute atomic E-state index is 11.7. The fourth-order valence-corrected chi connectivity index (χ4v) is 4.26. The number of aliphatic carboxylic acids is 1.